The Kier molecular flexibility index (Phi) is 11.5. The molecular formula is C36H42F3N5O7S. The van der Waals surface area contributed by atoms with Crippen LogP contribution in [0.2, 0.25) is 0 Å². The lowest BCUT2D eigenvalue weighted by atomic mass is 9.93. The zero-order chi connectivity index (χ0) is 37.8. The van der Waals surface area contributed by atoms with Crippen molar-refractivity contribution in [1.29, 1.82) is 0 Å². The summed E-state index contributed by atoms with van der Waals surface area (Å²) >= 11 is 0. The number of hydrogen-bond donors (Lipinski definition) is 3. The third kappa shape index (κ3) is 8.82. The highest BCUT2D eigenvalue weighted by Crippen LogP contribution is 2.46. The van der Waals surface area contributed by atoms with E-state index in [1.807, 2.05) is 0 Å². The number of nitrogens with zero attached hydrogens (tertiary/aromatic N) is 2. The zero-order valence-electron chi connectivity index (χ0n) is 28.7. The second-order valence-corrected chi connectivity index (χ2v) is 15.5. The first-order chi connectivity index (χ1) is 24.6. The molecule has 12 nitrogen and oxygen atoms in total. The van der Waals surface area contributed by atoms with Crippen LogP contribution in [0.1, 0.15) is 56.9 Å². The van der Waals surface area contributed by atoms with E-state index >= 15 is 0 Å². The van der Waals surface area contributed by atoms with Gasteiger partial charge in [-0.2, -0.15) is 13.2 Å². The number of nitrogens with one attached hydrogen (secondary N) is 3. The lowest BCUT2D eigenvalue weighted by Crippen LogP contribution is -2.54. The standard InChI is InChI=1S/C36H42F3N5O7S/c1-4-6-7-10-17-44(3)32(46)28-20-24(19-27(28)31(45)42-35(21-22(35)5-2)33(47)43-52(49,50)25-13-14-25)51-34(48)41-30-18-23(36(37,38)39)12-15-26(30)29-11-8-9-16-40-29/h4-5,8-9,11-12,15-16,18,22,24-25,27-28H,1-2,6-7,10,13-14,17,19-21H2,3H3,(H,41,48)(H,42,45)(H,43,47)/t22-,24-,27-,28-,35-/m1/s1. The Morgan fingerprint density at radius 1 is 1.08 bits per heavy atom. The molecule has 0 radical (unpaired) electrons. The van der Waals surface area contributed by atoms with Crippen LogP contribution in [0.3, 0.4) is 0 Å². The number of allylic oxidation sites excluding steroid dienone is 1. The van der Waals surface area contributed by atoms with E-state index < -0.39 is 80.2 Å². The van der Waals surface area contributed by atoms with Gasteiger partial charge in [-0.05, 0) is 75.6 Å². The fourth-order valence-electron chi connectivity index (χ4n) is 6.57. The van der Waals surface area contributed by atoms with Gasteiger partial charge in [0, 0.05) is 31.3 Å². The first kappa shape index (κ1) is 38.5. The Hall–Kier alpha value is -4.73. The molecule has 1 aromatic carbocycles. The van der Waals surface area contributed by atoms with E-state index in [2.05, 4.69) is 33.5 Å². The van der Waals surface area contributed by atoms with Crippen LogP contribution in [0.5, 0.6) is 0 Å². The third-order valence-electron chi connectivity index (χ3n) is 9.75. The number of amides is 4. The van der Waals surface area contributed by atoms with E-state index in [-0.39, 0.29) is 30.5 Å². The topological polar surface area (TPSA) is 164 Å². The summed E-state index contributed by atoms with van der Waals surface area (Å²) in [6.07, 6.45) is 0.734. The minimum Gasteiger partial charge on any atom is -0.446 e. The van der Waals surface area contributed by atoms with Crippen molar-refractivity contribution < 1.29 is 45.5 Å². The zero-order valence-corrected chi connectivity index (χ0v) is 29.5. The van der Waals surface area contributed by atoms with Crippen LogP contribution >= 0.6 is 0 Å². The Morgan fingerprint density at radius 3 is 2.42 bits per heavy atom. The number of carbonyl (C=O) groups is 4. The first-order valence-electron chi connectivity index (χ1n) is 17.1. The Morgan fingerprint density at radius 2 is 1.81 bits per heavy atom. The molecule has 0 aliphatic heterocycles. The molecule has 5 atom stereocenters. The van der Waals surface area contributed by atoms with Crippen molar-refractivity contribution in [2.75, 3.05) is 18.9 Å². The number of sulfonamides is 1. The Labute approximate surface area is 300 Å². The van der Waals surface area contributed by atoms with Gasteiger partial charge in [0.25, 0.3) is 5.91 Å². The number of pyridine rings is 1. The van der Waals surface area contributed by atoms with Crippen molar-refractivity contribution in [2.24, 2.45) is 17.8 Å². The second kappa shape index (κ2) is 15.5. The molecular weight excluding hydrogens is 703 g/mol. The molecule has 280 valence electrons. The lowest BCUT2D eigenvalue weighted by molar-refractivity contribution is -0.140. The van der Waals surface area contributed by atoms with E-state index in [0.717, 1.165) is 25.0 Å². The van der Waals surface area contributed by atoms with Crippen LogP contribution in [0.15, 0.2) is 67.9 Å². The second-order valence-electron chi connectivity index (χ2n) is 13.5. The van der Waals surface area contributed by atoms with Crippen molar-refractivity contribution in [3.63, 3.8) is 0 Å². The van der Waals surface area contributed by atoms with Gasteiger partial charge < -0.3 is 15.0 Å². The molecule has 1 heterocycles. The molecule has 5 rings (SSSR count). The van der Waals surface area contributed by atoms with Crippen LogP contribution in [-0.4, -0.2) is 72.6 Å². The lowest BCUT2D eigenvalue weighted by Gasteiger charge is -2.26. The molecule has 3 fully saturated rings. The highest BCUT2D eigenvalue weighted by Gasteiger charge is 2.62. The average molecular weight is 746 g/mol. The predicted octanol–water partition coefficient (Wildman–Crippen LogP) is 5.19. The molecule has 3 aliphatic rings. The monoisotopic (exact) mass is 745 g/mol. The van der Waals surface area contributed by atoms with Gasteiger partial charge in [-0.3, -0.25) is 29.4 Å². The third-order valence-corrected chi connectivity index (χ3v) is 11.6. The number of unbranched alkanes of at least 4 members (excludes halogenated alkanes) is 2. The Balaban J connectivity index is 1.35. The van der Waals surface area contributed by atoms with Crippen LogP contribution in [0.25, 0.3) is 11.3 Å². The molecule has 0 unspecified atom stereocenters. The van der Waals surface area contributed by atoms with Gasteiger partial charge in [-0.25, -0.2) is 13.2 Å². The van der Waals surface area contributed by atoms with Crippen molar-refractivity contribution in [3.8, 4) is 11.3 Å². The predicted molar refractivity (Wildman–Crippen MR) is 186 cm³/mol. The van der Waals surface area contributed by atoms with Crippen molar-refractivity contribution in [1.82, 2.24) is 19.9 Å². The highest BCUT2D eigenvalue weighted by molar-refractivity contribution is 7.91. The molecule has 3 N–H and O–H groups in total. The maximum Gasteiger partial charge on any atom is 0.416 e. The molecule has 3 aliphatic carbocycles. The smallest absolute Gasteiger partial charge is 0.416 e. The number of carbonyl (C=O) groups excluding carboxylic acids is 4. The number of alkyl halides is 3. The van der Waals surface area contributed by atoms with Crippen LogP contribution in [-0.2, 0) is 35.3 Å². The van der Waals surface area contributed by atoms with Crippen LogP contribution in [0, 0.1) is 17.8 Å². The molecule has 1 aromatic heterocycles. The van der Waals surface area contributed by atoms with Gasteiger partial charge in [0.2, 0.25) is 21.8 Å². The molecule has 0 saturated heterocycles. The van der Waals surface area contributed by atoms with Gasteiger partial charge in [0.1, 0.15) is 11.6 Å². The van der Waals surface area contributed by atoms with Crippen molar-refractivity contribution >= 4 is 39.5 Å². The van der Waals surface area contributed by atoms with Crippen molar-refractivity contribution in [3.05, 3.63) is 73.5 Å². The van der Waals surface area contributed by atoms with Gasteiger partial charge >= 0.3 is 12.3 Å². The number of rotatable bonds is 15. The quantitative estimate of drug-likeness (QED) is 0.166. The first-order valence-corrected chi connectivity index (χ1v) is 18.6. The largest absolute Gasteiger partial charge is 0.446 e. The summed E-state index contributed by atoms with van der Waals surface area (Å²) in [5.41, 5.74) is -2.31. The Bertz CT molecular complexity index is 1820. The fourth-order valence-corrected chi connectivity index (χ4v) is 7.93. The molecule has 0 spiro atoms. The number of aromatic nitrogens is 1. The number of benzene rings is 1. The van der Waals surface area contributed by atoms with E-state index in [1.54, 1.807) is 31.3 Å². The summed E-state index contributed by atoms with van der Waals surface area (Å²) in [7, 11) is -2.34. The van der Waals surface area contributed by atoms with E-state index in [4.69, 9.17) is 4.74 Å². The van der Waals surface area contributed by atoms with Gasteiger partial charge in [-0.15, -0.1) is 13.2 Å². The molecule has 3 saturated carbocycles. The summed E-state index contributed by atoms with van der Waals surface area (Å²) in [6.45, 7) is 7.77. The highest BCUT2D eigenvalue weighted by atomic mass is 32.2. The van der Waals surface area contributed by atoms with Crippen LogP contribution in [0.4, 0.5) is 23.7 Å². The summed E-state index contributed by atoms with van der Waals surface area (Å²) < 4.78 is 73.7. The SMILES string of the molecule is C=CCCCCN(C)C(=O)[C@@H]1C[C@H](OC(=O)Nc2cc(C(F)(F)F)ccc2-c2ccccn2)C[C@H]1C(=O)N[C@]1(C(=O)NS(=O)(=O)C2CC2)C[C@H]1C=C. The van der Waals surface area contributed by atoms with E-state index in [1.165, 1.54) is 23.2 Å². The van der Waals surface area contributed by atoms with Gasteiger partial charge in [-0.1, -0.05) is 24.3 Å². The number of anilines is 1. The summed E-state index contributed by atoms with van der Waals surface area (Å²) in [4.78, 5) is 59.9. The van der Waals surface area contributed by atoms with Gasteiger partial charge in [0.15, 0.2) is 0 Å². The molecule has 4 amide bonds. The summed E-state index contributed by atoms with van der Waals surface area (Å²) in [5, 5.41) is 4.41. The molecule has 0 bridgehead atoms. The molecule has 52 heavy (non-hydrogen) atoms. The van der Waals surface area contributed by atoms with Gasteiger partial charge in [0.05, 0.1) is 34.0 Å². The normalized spacial score (nSPS) is 23.9. The van der Waals surface area contributed by atoms with Crippen molar-refractivity contribution in [2.45, 2.75) is 74.4 Å². The fraction of sp³-hybridized carbons (Fsp3) is 0.472. The van der Waals surface area contributed by atoms with Crippen LogP contribution < -0.4 is 15.4 Å². The maximum absolute atomic E-state index is 13.9. The van der Waals surface area contributed by atoms with E-state index in [0.29, 0.717) is 31.5 Å². The summed E-state index contributed by atoms with van der Waals surface area (Å²) in [6, 6.07) is 7.65. The number of ether oxygens (including phenoxy) is 1. The molecule has 2 aromatic rings. The molecule has 16 heteroatoms. The average Bonchev–Trinajstić information content (AvgIpc) is 4.03. The van der Waals surface area contributed by atoms with E-state index in [9.17, 15) is 40.8 Å². The minimum absolute atomic E-state index is 0.0861. The number of halogens is 3. The minimum atomic E-state index is -4.71. The number of hydrogen-bond acceptors (Lipinski definition) is 8. The maximum atomic E-state index is 13.9. The summed E-state index contributed by atoms with van der Waals surface area (Å²) in [5.74, 6) is -4.64.